The summed E-state index contributed by atoms with van der Waals surface area (Å²) in [4.78, 5) is 25.0. The van der Waals surface area contributed by atoms with E-state index < -0.39 is 68.5 Å². The number of halogens is 1. The van der Waals surface area contributed by atoms with Gasteiger partial charge in [0.05, 0.1) is 12.4 Å². The van der Waals surface area contributed by atoms with Crippen LogP contribution < -0.4 is 0 Å². The Balaban J connectivity index is 1.75. The van der Waals surface area contributed by atoms with Crippen LogP contribution in [0.15, 0.2) is 23.8 Å². The SMILES string of the molecule is CC1CC2C3CCC4=CC(=O)C=CC4(C)C3(F)C(O)CC2(C)C1(O)C(=O)COS(C)(=O)=O. The van der Waals surface area contributed by atoms with Gasteiger partial charge >= 0.3 is 0 Å². The number of hydrogen-bond acceptors (Lipinski definition) is 7. The Kier molecular flexibility index (Phi) is 5.22. The summed E-state index contributed by atoms with van der Waals surface area (Å²) in [6.07, 6.45) is 4.75. The molecule has 8 unspecified atom stereocenters. The van der Waals surface area contributed by atoms with E-state index in [1.54, 1.807) is 26.8 Å². The average Bonchev–Trinajstić information content (AvgIpc) is 2.89. The van der Waals surface area contributed by atoms with Crippen LogP contribution in [0.4, 0.5) is 4.39 Å². The zero-order valence-corrected chi connectivity index (χ0v) is 19.6. The Labute approximate surface area is 187 Å². The molecule has 4 rings (SSSR count). The lowest BCUT2D eigenvalue weighted by atomic mass is 9.44. The molecule has 0 bridgehead atoms. The molecule has 32 heavy (non-hydrogen) atoms. The first-order valence-electron chi connectivity index (χ1n) is 11.0. The number of allylic oxidation sites excluding steroid dienone is 4. The molecular formula is C23H31FO7S. The second kappa shape index (κ2) is 7.04. The number of hydrogen-bond donors (Lipinski definition) is 2. The van der Waals surface area contributed by atoms with E-state index in [1.807, 2.05) is 0 Å². The van der Waals surface area contributed by atoms with Crippen LogP contribution in [0.3, 0.4) is 0 Å². The summed E-state index contributed by atoms with van der Waals surface area (Å²) < 4.78 is 44.5. The van der Waals surface area contributed by atoms with Crippen LogP contribution in [0.2, 0.25) is 0 Å². The van der Waals surface area contributed by atoms with E-state index in [4.69, 9.17) is 0 Å². The number of Topliss-reactive ketones (excluding diaryl/α,β-unsaturated/α-hetero) is 1. The maximum Gasteiger partial charge on any atom is 0.264 e. The van der Waals surface area contributed by atoms with Crippen LogP contribution in [-0.2, 0) is 23.9 Å². The molecule has 7 nitrogen and oxygen atoms in total. The Hall–Kier alpha value is -1.42. The standard InChI is InChI=1S/C23H31FO7S/c1-13-9-17-16-6-5-14-10-15(25)7-8-20(14,2)22(16,24)18(26)11-21(17,3)23(13,28)19(27)12-31-32(4,29)30/h7-8,10,13,16-18,26,28H,5-6,9,11-12H2,1-4H3. The molecule has 4 aliphatic rings. The van der Waals surface area contributed by atoms with Gasteiger partial charge in [-0.1, -0.05) is 25.5 Å². The fraction of sp³-hybridized carbons (Fsp3) is 0.739. The first kappa shape index (κ1) is 23.7. The van der Waals surface area contributed by atoms with E-state index in [1.165, 1.54) is 12.2 Å². The Morgan fingerprint density at radius 3 is 2.59 bits per heavy atom. The normalized spacial score (nSPS) is 48.0. The highest BCUT2D eigenvalue weighted by molar-refractivity contribution is 7.86. The lowest BCUT2D eigenvalue weighted by molar-refractivity contribution is -0.219. The number of alkyl halides is 1. The molecule has 0 amide bonds. The Morgan fingerprint density at radius 2 is 1.97 bits per heavy atom. The number of aliphatic hydroxyl groups is 2. The third-order valence-corrected chi connectivity index (χ3v) is 9.60. The number of aliphatic hydroxyl groups excluding tert-OH is 1. The van der Waals surface area contributed by atoms with Gasteiger partial charge in [-0.15, -0.1) is 0 Å². The van der Waals surface area contributed by atoms with Crippen LogP contribution >= 0.6 is 0 Å². The summed E-state index contributed by atoms with van der Waals surface area (Å²) >= 11 is 0. The van der Waals surface area contributed by atoms with Crippen LogP contribution in [0.1, 0.15) is 46.5 Å². The van der Waals surface area contributed by atoms with Crippen molar-refractivity contribution in [2.24, 2.45) is 28.6 Å². The van der Waals surface area contributed by atoms with Gasteiger partial charge in [-0.3, -0.25) is 13.8 Å². The summed E-state index contributed by atoms with van der Waals surface area (Å²) in [7, 11) is -3.89. The van der Waals surface area contributed by atoms with Crippen molar-refractivity contribution in [2.75, 3.05) is 12.9 Å². The van der Waals surface area contributed by atoms with Gasteiger partial charge in [-0.2, -0.15) is 8.42 Å². The van der Waals surface area contributed by atoms with Gasteiger partial charge in [0.2, 0.25) is 0 Å². The molecule has 2 N–H and O–H groups in total. The molecule has 9 heteroatoms. The van der Waals surface area contributed by atoms with Crippen molar-refractivity contribution >= 4 is 21.7 Å². The van der Waals surface area contributed by atoms with Crippen molar-refractivity contribution in [1.29, 1.82) is 0 Å². The fourth-order valence-electron chi connectivity index (χ4n) is 7.41. The maximum atomic E-state index is 17.0. The molecule has 0 radical (unpaired) electrons. The van der Waals surface area contributed by atoms with E-state index in [-0.39, 0.29) is 12.2 Å². The van der Waals surface area contributed by atoms with Gasteiger partial charge in [0.15, 0.2) is 17.2 Å². The van der Waals surface area contributed by atoms with Crippen molar-refractivity contribution in [2.45, 2.75) is 63.8 Å². The van der Waals surface area contributed by atoms with E-state index >= 15 is 4.39 Å². The Bertz CT molecular complexity index is 1030. The molecule has 0 aromatic heterocycles. The van der Waals surface area contributed by atoms with Crippen molar-refractivity contribution in [3.8, 4) is 0 Å². The minimum atomic E-state index is -3.89. The van der Waals surface area contributed by atoms with Gasteiger partial charge in [0.1, 0.15) is 12.2 Å². The second-order valence-corrected chi connectivity index (χ2v) is 12.2. The zero-order valence-electron chi connectivity index (χ0n) is 18.8. The summed E-state index contributed by atoms with van der Waals surface area (Å²) in [5, 5.41) is 22.9. The van der Waals surface area contributed by atoms with Crippen LogP contribution in [0, 0.1) is 28.6 Å². The molecule has 3 fully saturated rings. The summed E-state index contributed by atoms with van der Waals surface area (Å²) in [5.74, 6) is -2.60. The van der Waals surface area contributed by atoms with Crippen molar-refractivity contribution in [3.05, 3.63) is 23.8 Å². The number of ketones is 2. The maximum absolute atomic E-state index is 17.0. The number of carbonyl (C=O) groups excluding carboxylic acids is 2. The van der Waals surface area contributed by atoms with Crippen LogP contribution in [0.25, 0.3) is 0 Å². The van der Waals surface area contributed by atoms with Gasteiger partial charge < -0.3 is 10.2 Å². The first-order chi connectivity index (χ1) is 14.6. The van der Waals surface area contributed by atoms with E-state index in [2.05, 4.69) is 4.18 Å². The lowest BCUT2D eigenvalue weighted by Crippen LogP contribution is -2.69. The Morgan fingerprint density at radius 1 is 1.31 bits per heavy atom. The van der Waals surface area contributed by atoms with Gasteiger partial charge in [-0.05, 0) is 56.6 Å². The molecule has 0 aliphatic heterocycles. The number of fused-ring (bicyclic) bond motifs is 5. The summed E-state index contributed by atoms with van der Waals surface area (Å²) in [6, 6.07) is 0. The smallest absolute Gasteiger partial charge is 0.264 e. The third kappa shape index (κ3) is 2.90. The topological polar surface area (TPSA) is 118 Å². The van der Waals surface area contributed by atoms with E-state index in [0.29, 0.717) is 24.8 Å². The fourth-order valence-corrected chi connectivity index (χ4v) is 7.73. The summed E-state index contributed by atoms with van der Waals surface area (Å²) in [6.45, 7) is 4.29. The molecule has 0 heterocycles. The molecule has 0 spiro atoms. The monoisotopic (exact) mass is 470 g/mol. The minimum Gasteiger partial charge on any atom is -0.390 e. The highest BCUT2D eigenvalue weighted by Crippen LogP contribution is 2.70. The second-order valence-electron chi connectivity index (χ2n) is 10.6. The molecule has 3 saturated carbocycles. The lowest BCUT2D eigenvalue weighted by Gasteiger charge is -2.62. The summed E-state index contributed by atoms with van der Waals surface area (Å²) in [5.41, 5.74) is -5.67. The van der Waals surface area contributed by atoms with Crippen LogP contribution in [0.5, 0.6) is 0 Å². The van der Waals surface area contributed by atoms with Gasteiger partial charge in [0, 0.05) is 16.7 Å². The van der Waals surface area contributed by atoms with Gasteiger partial charge in [0.25, 0.3) is 10.1 Å². The minimum absolute atomic E-state index is 0.166. The quantitative estimate of drug-likeness (QED) is 0.602. The van der Waals surface area contributed by atoms with Crippen molar-refractivity contribution in [3.63, 3.8) is 0 Å². The highest BCUT2D eigenvalue weighted by Gasteiger charge is 2.75. The molecule has 8 atom stereocenters. The van der Waals surface area contributed by atoms with Crippen LogP contribution in [-0.4, -0.2) is 60.4 Å². The largest absolute Gasteiger partial charge is 0.390 e. The van der Waals surface area contributed by atoms with Crippen molar-refractivity contribution < 1.29 is 36.8 Å². The predicted molar refractivity (Wildman–Crippen MR) is 114 cm³/mol. The zero-order chi connectivity index (χ0) is 23.9. The first-order valence-corrected chi connectivity index (χ1v) is 12.8. The molecule has 178 valence electrons. The highest BCUT2D eigenvalue weighted by atomic mass is 32.2. The molecule has 0 aromatic carbocycles. The van der Waals surface area contributed by atoms with E-state index in [9.17, 15) is 28.2 Å². The average molecular weight is 471 g/mol. The molecule has 0 saturated heterocycles. The predicted octanol–water partition coefficient (Wildman–Crippen LogP) is 1.88. The molecular weight excluding hydrogens is 439 g/mol. The van der Waals surface area contributed by atoms with E-state index in [0.717, 1.165) is 6.26 Å². The molecule has 4 aliphatic carbocycles. The molecule has 0 aromatic rings. The van der Waals surface area contributed by atoms with Gasteiger partial charge in [-0.25, -0.2) is 4.39 Å². The third-order valence-electron chi connectivity index (χ3n) is 9.05. The van der Waals surface area contributed by atoms with Crippen molar-refractivity contribution in [1.82, 2.24) is 0 Å². The number of carbonyl (C=O) groups is 2. The number of rotatable bonds is 4.